The quantitative estimate of drug-likeness (QED) is 0.871. The van der Waals surface area contributed by atoms with Crippen molar-refractivity contribution in [1.29, 1.82) is 0 Å². The summed E-state index contributed by atoms with van der Waals surface area (Å²) in [6.07, 6.45) is 5.22. The van der Waals surface area contributed by atoms with E-state index in [1.54, 1.807) is 12.4 Å². The third-order valence-corrected chi connectivity index (χ3v) is 3.98. The first-order valence-corrected chi connectivity index (χ1v) is 7.66. The maximum atomic E-state index is 12.7. The Morgan fingerprint density at radius 1 is 1.05 bits per heavy atom. The van der Waals surface area contributed by atoms with E-state index >= 15 is 0 Å². The van der Waals surface area contributed by atoms with Gasteiger partial charge in [-0.1, -0.05) is 12.1 Å². The van der Waals surface area contributed by atoms with Crippen molar-refractivity contribution in [2.45, 2.75) is 12.2 Å². The van der Waals surface area contributed by atoms with E-state index in [9.17, 15) is 12.8 Å². The van der Waals surface area contributed by atoms with Gasteiger partial charge in [0.25, 0.3) is 0 Å². The Morgan fingerprint density at radius 3 is 2.35 bits per heavy atom. The molecule has 0 saturated heterocycles. The Hall–Kier alpha value is -1.86. The summed E-state index contributed by atoms with van der Waals surface area (Å²) in [4.78, 5) is 7.70. The van der Waals surface area contributed by atoms with Crippen LogP contribution < -0.4 is 4.72 Å². The van der Waals surface area contributed by atoms with Crippen molar-refractivity contribution in [2.24, 2.45) is 0 Å². The molecular formula is C13H14FN3O2S. The zero-order valence-corrected chi connectivity index (χ0v) is 11.5. The van der Waals surface area contributed by atoms with Gasteiger partial charge in [-0.15, -0.1) is 0 Å². The maximum Gasteiger partial charge on any atom is 0.215 e. The lowest BCUT2D eigenvalue weighted by atomic mass is 10.2. The number of benzene rings is 1. The molecule has 0 fully saturated rings. The minimum Gasteiger partial charge on any atom is -0.245 e. The van der Waals surface area contributed by atoms with Gasteiger partial charge >= 0.3 is 0 Å². The zero-order valence-electron chi connectivity index (χ0n) is 10.7. The highest BCUT2D eigenvalue weighted by Gasteiger charge is 2.11. The van der Waals surface area contributed by atoms with Gasteiger partial charge in [0.1, 0.15) is 12.1 Å². The van der Waals surface area contributed by atoms with Gasteiger partial charge in [-0.05, 0) is 29.7 Å². The van der Waals surface area contributed by atoms with Crippen LogP contribution in [0.4, 0.5) is 4.39 Å². The van der Waals surface area contributed by atoms with Gasteiger partial charge in [0.15, 0.2) is 0 Å². The van der Waals surface area contributed by atoms with Gasteiger partial charge in [0, 0.05) is 18.9 Å². The van der Waals surface area contributed by atoms with Gasteiger partial charge in [0.05, 0.1) is 5.75 Å². The smallest absolute Gasteiger partial charge is 0.215 e. The third-order valence-electron chi connectivity index (χ3n) is 2.62. The molecule has 0 aliphatic rings. The summed E-state index contributed by atoms with van der Waals surface area (Å²) in [5, 5.41) is 0. The van der Waals surface area contributed by atoms with Crippen molar-refractivity contribution in [3.63, 3.8) is 0 Å². The Kier molecular flexibility index (Phi) is 4.75. The maximum absolute atomic E-state index is 12.7. The second kappa shape index (κ2) is 6.53. The summed E-state index contributed by atoms with van der Waals surface area (Å²) in [5.41, 5.74) is 1.40. The SMILES string of the molecule is O=S(=O)(Cc1ccc(F)cc1)NCCc1cncnc1. The largest absolute Gasteiger partial charge is 0.245 e. The van der Waals surface area contributed by atoms with Crippen LogP contribution >= 0.6 is 0 Å². The Bertz CT molecular complexity index is 645. The lowest BCUT2D eigenvalue weighted by Gasteiger charge is -2.06. The molecule has 2 aromatic rings. The average molecular weight is 295 g/mol. The van der Waals surface area contributed by atoms with E-state index in [1.165, 1.54) is 30.6 Å². The average Bonchev–Trinajstić information content (AvgIpc) is 2.42. The molecule has 0 unspecified atom stereocenters. The number of rotatable bonds is 6. The molecule has 106 valence electrons. The Labute approximate surface area is 116 Å². The van der Waals surface area contributed by atoms with E-state index in [0.29, 0.717) is 12.0 Å². The molecule has 5 nitrogen and oxygen atoms in total. The Morgan fingerprint density at radius 2 is 1.70 bits per heavy atom. The molecule has 0 aliphatic heterocycles. The number of nitrogens with one attached hydrogen (secondary N) is 1. The predicted octanol–water partition coefficient (Wildman–Crippen LogP) is 1.28. The van der Waals surface area contributed by atoms with Gasteiger partial charge in [-0.25, -0.2) is 27.5 Å². The van der Waals surface area contributed by atoms with Crippen LogP contribution in [0.1, 0.15) is 11.1 Å². The van der Waals surface area contributed by atoms with Crippen molar-refractivity contribution in [3.05, 3.63) is 59.9 Å². The molecular weight excluding hydrogens is 281 g/mol. The van der Waals surface area contributed by atoms with Crippen LogP contribution in [0, 0.1) is 5.82 Å². The van der Waals surface area contributed by atoms with Crippen LogP contribution in [0.5, 0.6) is 0 Å². The molecule has 0 atom stereocenters. The fourth-order valence-electron chi connectivity index (χ4n) is 1.66. The molecule has 2 rings (SSSR count). The zero-order chi connectivity index (χ0) is 14.4. The molecule has 1 heterocycles. The molecule has 0 spiro atoms. The predicted molar refractivity (Wildman–Crippen MR) is 72.8 cm³/mol. The highest BCUT2D eigenvalue weighted by atomic mass is 32.2. The molecule has 7 heteroatoms. The number of halogens is 1. The third kappa shape index (κ3) is 4.67. The fourth-order valence-corrected chi connectivity index (χ4v) is 2.81. The van der Waals surface area contributed by atoms with Gasteiger partial charge in [-0.3, -0.25) is 0 Å². The van der Waals surface area contributed by atoms with E-state index in [4.69, 9.17) is 0 Å². The molecule has 0 bridgehead atoms. The molecule has 0 aliphatic carbocycles. The normalized spacial score (nSPS) is 11.4. The van der Waals surface area contributed by atoms with Crippen molar-refractivity contribution in [3.8, 4) is 0 Å². The van der Waals surface area contributed by atoms with E-state index in [0.717, 1.165) is 5.56 Å². The number of hydrogen-bond donors (Lipinski definition) is 1. The number of hydrogen-bond acceptors (Lipinski definition) is 4. The topological polar surface area (TPSA) is 72.0 Å². The van der Waals surface area contributed by atoms with Crippen molar-refractivity contribution >= 4 is 10.0 Å². The first-order valence-electron chi connectivity index (χ1n) is 6.01. The van der Waals surface area contributed by atoms with Crippen LogP contribution in [0.25, 0.3) is 0 Å². The summed E-state index contributed by atoms with van der Waals surface area (Å²) in [7, 11) is -3.43. The molecule has 1 aromatic carbocycles. The van der Waals surface area contributed by atoms with E-state index in [1.807, 2.05) is 0 Å². The van der Waals surface area contributed by atoms with E-state index < -0.39 is 10.0 Å². The highest BCUT2D eigenvalue weighted by molar-refractivity contribution is 7.88. The minimum absolute atomic E-state index is 0.168. The summed E-state index contributed by atoms with van der Waals surface area (Å²) >= 11 is 0. The Balaban J connectivity index is 1.86. The fraction of sp³-hybridized carbons (Fsp3) is 0.231. The van der Waals surface area contributed by atoms with E-state index in [2.05, 4.69) is 14.7 Å². The second-order valence-corrected chi connectivity index (χ2v) is 6.08. The highest BCUT2D eigenvalue weighted by Crippen LogP contribution is 2.06. The van der Waals surface area contributed by atoms with Crippen molar-refractivity contribution < 1.29 is 12.8 Å². The summed E-state index contributed by atoms with van der Waals surface area (Å²) < 4.78 is 38.9. The van der Waals surface area contributed by atoms with Gasteiger partial charge < -0.3 is 0 Å². The number of aromatic nitrogens is 2. The second-order valence-electron chi connectivity index (χ2n) is 4.28. The lowest BCUT2D eigenvalue weighted by molar-refractivity contribution is 0.580. The standard InChI is InChI=1S/C13H14FN3O2S/c14-13-3-1-11(2-4-13)9-20(18,19)17-6-5-12-7-15-10-16-8-12/h1-4,7-8,10,17H,5-6,9H2. The van der Waals surface area contributed by atoms with Gasteiger partial charge in [-0.2, -0.15) is 0 Å². The lowest BCUT2D eigenvalue weighted by Crippen LogP contribution is -2.27. The van der Waals surface area contributed by atoms with Crippen LogP contribution in [0.15, 0.2) is 43.0 Å². The first kappa shape index (κ1) is 14.5. The van der Waals surface area contributed by atoms with Crippen molar-refractivity contribution in [1.82, 2.24) is 14.7 Å². The van der Waals surface area contributed by atoms with Crippen LogP contribution in [-0.2, 0) is 22.2 Å². The summed E-state index contributed by atoms with van der Waals surface area (Å²) in [6, 6.07) is 5.40. The molecule has 0 radical (unpaired) electrons. The molecule has 20 heavy (non-hydrogen) atoms. The molecule has 0 saturated carbocycles. The minimum atomic E-state index is -3.43. The van der Waals surface area contributed by atoms with E-state index in [-0.39, 0.29) is 18.1 Å². The van der Waals surface area contributed by atoms with Gasteiger partial charge in [0.2, 0.25) is 10.0 Å². The molecule has 1 aromatic heterocycles. The summed E-state index contributed by atoms with van der Waals surface area (Å²) in [5.74, 6) is -0.554. The number of sulfonamides is 1. The van der Waals surface area contributed by atoms with Crippen LogP contribution in [-0.4, -0.2) is 24.9 Å². The monoisotopic (exact) mass is 295 g/mol. The molecule has 1 N–H and O–H groups in total. The van der Waals surface area contributed by atoms with Crippen LogP contribution in [0.2, 0.25) is 0 Å². The van der Waals surface area contributed by atoms with Crippen molar-refractivity contribution in [2.75, 3.05) is 6.54 Å². The number of nitrogens with zero attached hydrogens (tertiary/aromatic N) is 2. The summed E-state index contributed by atoms with van der Waals surface area (Å²) in [6.45, 7) is 0.275. The molecule has 0 amide bonds. The first-order chi connectivity index (χ1) is 9.55. The van der Waals surface area contributed by atoms with Crippen LogP contribution in [0.3, 0.4) is 0 Å².